The summed E-state index contributed by atoms with van der Waals surface area (Å²) in [6, 6.07) is 14.7. The van der Waals surface area contributed by atoms with Gasteiger partial charge in [0.25, 0.3) is 5.91 Å². The van der Waals surface area contributed by atoms with Crippen LogP contribution >= 0.6 is 0 Å². The van der Waals surface area contributed by atoms with Crippen molar-refractivity contribution in [1.82, 2.24) is 5.32 Å². The molecule has 0 aliphatic carbocycles. The molecule has 0 aliphatic rings. The van der Waals surface area contributed by atoms with Gasteiger partial charge in [-0.3, -0.25) is 19.2 Å². The fourth-order valence-electron chi connectivity index (χ4n) is 2.07. The van der Waals surface area contributed by atoms with Crippen LogP contribution in [0.1, 0.15) is 27.6 Å². The van der Waals surface area contributed by atoms with Gasteiger partial charge in [0.2, 0.25) is 5.91 Å². The minimum absolute atomic E-state index is 0.212. The molecule has 7 nitrogen and oxygen atoms in total. The number of carbonyl (C=O) groups is 4. The van der Waals surface area contributed by atoms with E-state index in [1.54, 1.807) is 42.5 Å². The molecule has 134 valence electrons. The zero-order chi connectivity index (χ0) is 18.9. The first-order valence-electron chi connectivity index (χ1n) is 7.85. The van der Waals surface area contributed by atoms with Gasteiger partial charge in [0.15, 0.2) is 12.4 Å². The number of benzene rings is 2. The number of rotatable bonds is 7. The highest BCUT2D eigenvalue weighted by Gasteiger charge is 2.12. The Morgan fingerprint density at radius 3 is 2.15 bits per heavy atom. The van der Waals surface area contributed by atoms with Crippen LogP contribution in [0.15, 0.2) is 54.6 Å². The zero-order valence-corrected chi connectivity index (χ0v) is 14.2. The molecule has 2 rings (SSSR count). The summed E-state index contributed by atoms with van der Waals surface area (Å²) in [5.41, 5.74) is 1.34. The van der Waals surface area contributed by atoms with Crippen LogP contribution in [0, 0.1) is 0 Å². The summed E-state index contributed by atoms with van der Waals surface area (Å²) in [4.78, 5) is 46.4. The maximum absolute atomic E-state index is 12.0. The minimum atomic E-state index is -0.711. The van der Waals surface area contributed by atoms with E-state index in [0.717, 1.165) is 0 Å². The van der Waals surface area contributed by atoms with Crippen molar-refractivity contribution in [3.05, 3.63) is 65.7 Å². The van der Waals surface area contributed by atoms with Gasteiger partial charge in [-0.25, -0.2) is 0 Å². The molecule has 7 heteroatoms. The molecule has 2 aromatic rings. The highest BCUT2D eigenvalue weighted by Crippen LogP contribution is 2.10. The number of nitrogens with one attached hydrogen (secondary N) is 2. The van der Waals surface area contributed by atoms with Gasteiger partial charge >= 0.3 is 5.97 Å². The third-order valence-electron chi connectivity index (χ3n) is 3.32. The van der Waals surface area contributed by atoms with Gasteiger partial charge in [-0.05, 0) is 36.4 Å². The average Bonchev–Trinajstić information content (AvgIpc) is 2.65. The maximum Gasteiger partial charge on any atom is 0.325 e. The predicted octanol–water partition coefficient (Wildman–Crippen LogP) is 1.80. The number of ketones is 1. The minimum Gasteiger partial charge on any atom is -0.456 e. The van der Waals surface area contributed by atoms with Crippen LogP contribution in [0.3, 0.4) is 0 Å². The van der Waals surface area contributed by atoms with E-state index in [9.17, 15) is 19.2 Å². The van der Waals surface area contributed by atoms with E-state index in [4.69, 9.17) is 4.74 Å². The van der Waals surface area contributed by atoms with E-state index >= 15 is 0 Å². The molecule has 0 saturated heterocycles. The largest absolute Gasteiger partial charge is 0.456 e. The van der Waals surface area contributed by atoms with Crippen molar-refractivity contribution in [3.63, 3.8) is 0 Å². The van der Waals surface area contributed by atoms with E-state index in [0.29, 0.717) is 16.8 Å². The highest BCUT2D eigenvalue weighted by atomic mass is 16.5. The Hall–Kier alpha value is -3.48. The first-order chi connectivity index (χ1) is 12.5. The fourth-order valence-corrected chi connectivity index (χ4v) is 2.07. The molecular formula is C19H18N2O5. The van der Waals surface area contributed by atoms with Crippen LogP contribution in [-0.4, -0.2) is 36.7 Å². The first-order valence-corrected chi connectivity index (χ1v) is 7.85. The Kier molecular flexibility index (Phi) is 6.61. The molecule has 2 aromatic carbocycles. The standard InChI is InChI=1S/C19H18N2O5/c1-13(22)21-16-9-7-14(8-10-16)17(23)12-26-18(24)11-20-19(25)15-5-3-2-4-6-15/h2-10H,11-12H2,1H3,(H,20,25)(H,21,22). The maximum atomic E-state index is 12.0. The number of anilines is 1. The van der Waals surface area contributed by atoms with Crippen molar-refractivity contribution in [2.24, 2.45) is 0 Å². The Morgan fingerprint density at radius 2 is 1.54 bits per heavy atom. The third kappa shape index (κ3) is 5.86. The summed E-state index contributed by atoms with van der Waals surface area (Å²) in [5, 5.41) is 5.01. The third-order valence-corrected chi connectivity index (χ3v) is 3.32. The molecule has 0 radical (unpaired) electrons. The molecule has 0 aliphatic heterocycles. The summed E-state index contributed by atoms with van der Waals surface area (Å²) in [6.07, 6.45) is 0. The van der Waals surface area contributed by atoms with Gasteiger partial charge in [-0.15, -0.1) is 0 Å². The molecule has 26 heavy (non-hydrogen) atoms. The number of hydrogen-bond acceptors (Lipinski definition) is 5. The second kappa shape index (κ2) is 9.12. The molecule has 0 spiro atoms. The van der Waals surface area contributed by atoms with Gasteiger partial charge in [-0.1, -0.05) is 18.2 Å². The van der Waals surface area contributed by atoms with Gasteiger partial charge in [0.1, 0.15) is 6.54 Å². The number of hydrogen-bond donors (Lipinski definition) is 2. The fraction of sp³-hybridized carbons (Fsp3) is 0.158. The van der Waals surface area contributed by atoms with Crippen molar-refractivity contribution in [3.8, 4) is 0 Å². The summed E-state index contributed by atoms with van der Waals surface area (Å²) in [7, 11) is 0. The zero-order valence-electron chi connectivity index (χ0n) is 14.2. The summed E-state index contributed by atoms with van der Waals surface area (Å²) in [6.45, 7) is 0.622. The molecule has 0 saturated carbocycles. The van der Waals surface area contributed by atoms with E-state index in [-0.39, 0.29) is 18.2 Å². The summed E-state index contributed by atoms with van der Waals surface area (Å²) < 4.78 is 4.87. The Bertz CT molecular complexity index is 800. The molecule has 0 heterocycles. The second-order valence-corrected chi connectivity index (χ2v) is 5.39. The highest BCUT2D eigenvalue weighted by molar-refractivity contribution is 5.99. The molecule has 0 atom stereocenters. The molecule has 0 unspecified atom stereocenters. The molecule has 0 aromatic heterocycles. The first kappa shape index (κ1) is 18.9. The topological polar surface area (TPSA) is 102 Å². The second-order valence-electron chi connectivity index (χ2n) is 5.39. The molecular weight excluding hydrogens is 336 g/mol. The van der Waals surface area contributed by atoms with Gasteiger partial charge in [-0.2, -0.15) is 0 Å². The van der Waals surface area contributed by atoms with E-state index in [2.05, 4.69) is 10.6 Å². The number of esters is 1. The summed E-state index contributed by atoms with van der Waals surface area (Å²) >= 11 is 0. The van der Waals surface area contributed by atoms with Crippen LogP contribution in [0.25, 0.3) is 0 Å². The van der Waals surface area contributed by atoms with Crippen LogP contribution in [-0.2, 0) is 14.3 Å². The van der Waals surface area contributed by atoms with Crippen molar-refractivity contribution >= 4 is 29.3 Å². The Balaban J connectivity index is 1.77. The van der Waals surface area contributed by atoms with Gasteiger partial charge in [0, 0.05) is 23.7 Å². The smallest absolute Gasteiger partial charge is 0.325 e. The SMILES string of the molecule is CC(=O)Nc1ccc(C(=O)COC(=O)CNC(=O)c2ccccc2)cc1. The molecule has 0 bridgehead atoms. The lowest BCUT2D eigenvalue weighted by atomic mass is 10.1. The predicted molar refractivity (Wildman–Crippen MR) is 94.8 cm³/mol. The molecule has 2 N–H and O–H groups in total. The van der Waals surface area contributed by atoms with Crippen LogP contribution in [0.5, 0.6) is 0 Å². The quantitative estimate of drug-likeness (QED) is 0.583. The van der Waals surface area contributed by atoms with Crippen LogP contribution < -0.4 is 10.6 Å². The van der Waals surface area contributed by atoms with Crippen molar-refractivity contribution < 1.29 is 23.9 Å². The number of carbonyl (C=O) groups excluding carboxylic acids is 4. The van der Waals surface area contributed by atoms with Gasteiger partial charge < -0.3 is 15.4 Å². The van der Waals surface area contributed by atoms with Crippen molar-refractivity contribution in [2.45, 2.75) is 6.92 Å². The lowest BCUT2D eigenvalue weighted by Gasteiger charge is -2.07. The number of ether oxygens (including phenoxy) is 1. The summed E-state index contributed by atoms with van der Waals surface area (Å²) in [5.74, 6) is -1.71. The van der Waals surface area contributed by atoms with Crippen molar-refractivity contribution in [1.29, 1.82) is 0 Å². The lowest BCUT2D eigenvalue weighted by Crippen LogP contribution is -2.31. The van der Waals surface area contributed by atoms with Crippen LogP contribution in [0.4, 0.5) is 5.69 Å². The van der Waals surface area contributed by atoms with E-state index in [1.807, 2.05) is 0 Å². The van der Waals surface area contributed by atoms with Gasteiger partial charge in [0.05, 0.1) is 0 Å². The Morgan fingerprint density at radius 1 is 0.885 bits per heavy atom. The average molecular weight is 354 g/mol. The number of Topliss-reactive ketones (excluding diaryl/α,β-unsaturated/α-hetero) is 1. The molecule has 0 fully saturated rings. The van der Waals surface area contributed by atoms with E-state index < -0.39 is 18.5 Å². The van der Waals surface area contributed by atoms with Crippen LogP contribution in [0.2, 0.25) is 0 Å². The molecule has 2 amide bonds. The van der Waals surface area contributed by atoms with Crippen molar-refractivity contribution in [2.75, 3.05) is 18.5 Å². The normalized spacial score (nSPS) is 9.88. The Labute approximate surface area is 150 Å². The monoisotopic (exact) mass is 354 g/mol. The number of amides is 2. The van der Waals surface area contributed by atoms with E-state index in [1.165, 1.54) is 19.1 Å². The lowest BCUT2D eigenvalue weighted by molar-refractivity contribution is -0.141.